The van der Waals surface area contributed by atoms with Gasteiger partial charge in [-0.2, -0.15) is 0 Å². The molecule has 3 heteroatoms. The fourth-order valence-corrected chi connectivity index (χ4v) is 1.59. The van der Waals surface area contributed by atoms with Crippen LogP contribution in [0.15, 0.2) is 24.3 Å². The van der Waals surface area contributed by atoms with Crippen molar-refractivity contribution in [1.29, 1.82) is 0 Å². The Morgan fingerprint density at radius 2 is 1.82 bits per heavy atom. The van der Waals surface area contributed by atoms with Crippen LogP contribution in [0.3, 0.4) is 0 Å². The number of rotatable bonds is 4. The van der Waals surface area contributed by atoms with Gasteiger partial charge in [0.05, 0.1) is 6.54 Å². The molecular weight excluding hydrogens is 212 g/mol. The van der Waals surface area contributed by atoms with Crippen LogP contribution in [0.5, 0.6) is 0 Å². The van der Waals surface area contributed by atoms with Crippen molar-refractivity contribution in [3.05, 3.63) is 35.4 Å². The number of benzene rings is 1. The number of amides is 1. The maximum absolute atomic E-state index is 11.0. The smallest absolute Gasteiger partial charge is 0.233 e. The predicted molar refractivity (Wildman–Crippen MR) is 70.9 cm³/mol. The molecule has 0 atom stereocenters. The van der Waals surface area contributed by atoms with Gasteiger partial charge < -0.3 is 11.1 Å². The Kier molecular flexibility index (Phi) is 4.70. The summed E-state index contributed by atoms with van der Waals surface area (Å²) in [6.07, 6.45) is 0.843. The van der Waals surface area contributed by atoms with Gasteiger partial charge in [-0.05, 0) is 23.0 Å². The highest BCUT2D eigenvalue weighted by Gasteiger charge is 2.12. The molecule has 17 heavy (non-hydrogen) atoms. The molecule has 3 N–H and O–H groups in total. The first-order chi connectivity index (χ1) is 7.93. The molecule has 0 unspecified atom stereocenters. The van der Waals surface area contributed by atoms with Gasteiger partial charge in [0.25, 0.3) is 0 Å². The largest absolute Gasteiger partial charge is 0.355 e. The minimum absolute atomic E-state index is 0.0585. The summed E-state index contributed by atoms with van der Waals surface area (Å²) in [6, 6.07) is 8.55. The van der Waals surface area contributed by atoms with Crippen molar-refractivity contribution in [2.45, 2.75) is 32.6 Å². The molecule has 0 fully saturated rings. The highest BCUT2D eigenvalue weighted by atomic mass is 16.1. The third-order valence-corrected chi connectivity index (χ3v) is 2.74. The molecule has 94 valence electrons. The standard InChI is InChI=1S/C14H22N2O/c1-14(2,3)12-6-4-11(5-7-12)8-9-16-13(17)10-15/h4-7H,8-10,15H2,1-3H3,(H,16,17). The molecule has 0 aliphatic rings. The summed E-state index contributed by atoms with van der Waals surface area (Å²) in [5.41, 5.74) is 7.95. The molecule has 1 rings (SSSR count). The third-order valence-electron chi connectivity index (χ3n) is 2.74. The van der Waals surface area contributed by atoms with E-state index in [1.165, 1.54) is 11.1 Å². The fourth-order valence-electron chi connectivity index (χ4n) is 1.59. The molecule has 0 aliphatic carbocycles. The van der Waals surface area contributed by atoms with E-state index in [1.807, 2.05) is 0 Å². The zero-order valence-corrected chi connectivity index (χ0v) is 10.9. The number of carbonyl (C=O) groups excluding carboxylic acids is 1. The van der Waals surface area contributed by atoms with Gasteiger partial charge in [-0.1, -0.05) is 45.0 Å². The van der Waals surface area contributed by atoms with Crippen molar-refractivity contribution in [3.8, 4) is 0 Å². The van der Waals surface area contributed by atoms with Crippen molar-refractivity contribution < 1.29 is 4.79 Å². The Hall–Kier alpha value is -1.35. The first-order valence-corrected chi connectivity index (χ1v) is 5.99. The van der Waals surface area contributed by atoms with Crippen molar-refractivity contribution >= 4 is 5.91 Å². The molecule has 0 bridgehead atoms. The quantitative estimate of drug-likeness (QED) is 0.831. The maximum Gasteiger partial charge on any atom is 0.233 e. The highest BCUT2D eigenvalue weighted by Crippen LogP contribution is 2.22. The third kappa shape index (κ3) is 4.57. The van der Waals surface area contributed by atoms with Crippen molar-refractivity contribution in [2.75, 3.05) is 13.1 Å². The molecule has 0 spiro atoms. The monoisotopic (exact) mass is 234 g/mol. The summed E-state index contributed by atoms with van der Waals surface area (Å²) in [5, 5.41) is 2.76. The summed E-state index contributed by atoms with van der Waals surface area (Å²) >= 11 is 0. The van der Waals surface area contributed by atoms with Crippen molar-refractivity contribution in [3.63, 3.8) is 0 Å². The van der Waals surface area contributed by atoms with Gasteiger partial charge >= 0.3 is 0 Å². The normalized spacial score (nSPS) is 11.3. The molecule has 0 heterocycles. The summed E-state index contributed by atoms with van der Waals surface area (Å²) in [5.74, 6) is -0.101. The van der Waals surface area contributed by atoms with Crippen LogP contribution >= 0.6 is 0 Å². The molecule has 0 aromatic heterocycles. The zero-order valence-electron chi connectivity index (χ0n) is 10.9. The molecule has 0 saturated heterocycles. The molecule has 0 saturated carbocycles. The summed E-state index contributed by atoms with van der Waals surface area (Å²) in [6.45, 7) is 7.30. The lowest BCUT2D eigenvalue weighted by Gasteiger charge is -2.19. The van der Waals surface area contributed by atoms with Crippen LogP contribution in [0.4, 0.5) is 0 Å². The number of nitrogens with two attached hydrogens (primary N) is 1. The number of hydrogen-bond acceptors (Lipinski definition) is 2. The molecular formula is C14H22N2O. The molecule has 3 nitrogen and oxygen atoms in total. The van der Waals surface area contributed by atoms with E-state index in [9.17, 15) is 4.79 Å². The van der Waals surface area contributed by atoms with Crippen LogP contribution in [0, 0.1) is 0 Å². The van der Waals surface area contributed by atoms with Gasteiger partial charge in [-0.3, -0.25) is 4.79 Å². The number of hydrogen-bond donors (Lipinski definition) is 2. The summed E-state index contributed by atoms with van der Waals surface area (Å²) < 4.78 is 0. The SMILES string of the molecule is CC(C)(C)c1ccc(CCNC(=O)CN)cc1. The Bertz CT molecular complexity index is 363. The molecule has 1 aromatic rings. The summed E-state index contributed by atoms with van der Waals surface area (Å²) in [4.78, 5) is 11.0. The second kappa shape index (κ2) is 5.82. The van der Waals surface area contributed by atoms with Gasteiger partial charge in [0, 0.05) is 6.54 Å². The number of nitrogens with one attached hydrogen (secondary N) is 1. The highest BCUT2D eigenvalue weighted by molar-refractivity contribution is 5.77. The van der Waals surface area contributed by atoms with Gasteiger partial charge in [-0.25, -0.2) is 0 Å². The fraction of sp³-hybridized carbons (Fsp3) is 0.500. The van der Waals surface area contributed by atoms with Crippen molar-refractivity contribution in [1.82, 2.24) is 5.32 Å². The van der Waals surface area contributed by atoms with Gasteiger partial charge in [-0.15, -0.1) is 0 Å². The molecule has 1 amide bonds. The van der Waals surface area contributed by atoms with E-state index < -0.39 is 0 Å². The zero-order chi connectivity index (χ0) is 12.9. The van der Waals surface area contributed by atoms with E-state index in [1.54, 1.807) is 0 Å². The van der Waals surface area contributed by atoms with E-state index in [0.717, 1.165) is 6.42 Å². The first kappa shape index (κ1) is 13.7. The van der Waals surface area contributed by atoms with E-state index >= 15 is 0 Å². The predicted octanol–water partition coefficient (Wildman–Crippen LogP) is 1.60. The molecule has 0 radical (unpaired) electrons. The topological polar surface area (TPSA) is 55.1 Å². The average molecular weight is 234 g/mol. The lowest BCUT2D eigenvalue weighted by molar-refractivity contribution is -0.119. The lowest BCUT2D eigenvalue weighted by Crippen LogP contribution is -2.31. The first-order valence-electron chi connectivity index (χ1n) is 5.99. The van der Waals surface area contributed by atoms with E-state index in [2.05, 4.69) is 50.4 Å². The second-order valence-corrected chi connectivity index (χ2v) is 5.25. The Balaban J connectivity index is 2.49. The van der Waals surface area contributed by atoms with Crippen LogP contribution < -0.4 is 11.1 Å². The van der Waals surface area contributed by atoms with Crippen LogP contribution in [0.1, 0.15) is 31.9 Å². The van der Waals surface area contributed by atoms with Crippen molar-refractivity contribution in [2.24, 2.45) is 5.73 Å². The lowest BCUT2D eigenvalue weighted by atomic mass is 9.86. The van der Waals surface area contributed by atoms with Crippen LogP contribution in [0.25, 0.3) is 0 Å². The van der Waals surface area contributed by atoms with E-state index in [-0.39, 0.29) is 17.9 Å². The Morgan fingerprint density at radius 1 is 1.24 bits per heavy atom. The van der Waals surface area contributed by atoms with Crippen LogP contribution in [-0.4, -0.2) is 19.0 Å². The Morgan fingerprint density at radius 3 is 2.29 bits per heavy atom. The van der Waals surface area contributed by atoms with Crippen LogP contribution in [-0.2, 0) is 16.6 Å². The maximum atomic E-state index is 11.0. The minimum atomic E-state index is -0.101. The minimum Gasteiger partial charge on any atom is -0.355 e. The Labute approximate surface area is 103 Å². The van der Waals surface area contributed by atoms with Gasteiger partial charge in [0.1, 0.15) is 0 Å². The number of carbonyl (C=O) groups is 1. The molecule has 1 aromatic carbocycles. The summed E-state index contributed by atoms with van der Waals surface area (Å²) in [7, 11) is 0. The average Bonchev–Trinajstić information content (AvgIpc) is 2.28. The van der Waals surface area contributed by atoms with Gasteiger partial charge in [0.2, 0.25) is 5.91 Å². The van der Waals surface area contributed by atoms with Crippen LogP contribution in [0.2, 0.25) is 0 Å². The van der Waals surface area contributed by atoms with E-state index in [4.69, 9.17) is 5.73 Å². The van der Waals surface area contributed by atoms with E-state index in [0.29, 0.717) is 6.54 Å². The second-order valence-electron chi connectivity index (χ2n) is 5.25. The van der Waals surface area contributed by atoms with Gasteiger partial charge in [0.15, 0.2) is 0 Å². The molecule has 0 aliphatic heterocycles.